The Morgan fingerprint density at radius 3 is 1.26 bits per heavy atom. The molecule has 210 valence electrons. The number of halogens is 4. The van der Waals surface area contributed by atoms with Gasteiger partial charge in [-0.05, 0) is 58.6 Å². The number of nitrogens with one attached hydrogen (secondary N) is 2. The van der Waals surface area contributed by atoms with E-state index >= 15 is 0 Å². The summed E-state index contributed by atoms with van der Waals surface area (Å²) in [4.78, 5) is 14.2. The number of anilines is 4. The van der Waals surface area contributed by atoms with Crippen molar-refractivity contribution in [2.45, 2.75) is 9.79 Å². The van der Waals surface area contributed by atoms with Crippen LogP contribution in [0.25, 0.3) is 12.2 Å². The summed E-state index contributed by atoms with van der Waals surface area (Å²) in [5.41, 5.74) is 0.408. The first-order valence-electron chi connectivity index (χ1n) is 10.5. The zero-order valence-electron chi connectivity index (χ0n) is 21.4. The minimum absolute atomic E-state index is 0. The van der Waals surface area contributed by atoms with Crippen molar-refractivity contribution in [1.29, 1.82) is 0 Å². The molecule has 0 spiro atoms. The molecule has 2 aromatic carbocycles. The van der Waals surface area contributed by atoms with Crippen LogP contribution in [0.2, 0.25) is 20.9 Å². The van der Waals surface area contributed by atoms with Crippen LogP contribution in [-0.2, 0) is 20.2 Å². The zero-order valence-corrected chi connectivity index (χ0v) is 30.1. The summed E-state index contributed by atoms with van der Waals surface area (Å²) < 4.78 is 68.1. The standard InChI is InChI=1S/C22H14Cl4N6O6S2.2Na/c23-17-9-19(31-21(25)29-17)27-13-5-3-11(15(7-13)39(33,34)35)1-2-12-4-6-14(8-16(12)40(36,37)38)28-20-10-18(24)30-22(26)32-20;;/h1-10H,(H,27,29,31)(H,28,30,32)(H,33,34,35)(H,36,37,38);;. The van der Waals surface area contributed by atoms with Gasteiger partial charge in [0, 0.05) is 82.6 Å². The fourth-order valence-corrected chi connectivity index (χ4v) is 5.57. The van der Waals surface area contributed by atoms with Crippen LogP contribution >= 0.6 is 46.4 Å². The van der Waals surface area contributed by atoms with Crippen LogP contribution in [0.4, 0.5) is 23.0 Å². The van der Waals surface area contributed by atoms with Crippen LogP contribution in [0.15, 0.2) is 58.3 Å². The molecule has 12 nitrogen and oxygen atoms in total. The van der Waals surface area contributed by atoms with Gasteiger partial charge in [0.2, 0.25) is 10.6 Å². The van der Waals surface area contributed by atoms with E-state index in [4.69, 9.17) is 46.4 Å². The molecular weight excluding hydrogens is 696 g/mol. The molecule has 0 saturated heterocycles. The third-order valence-electron chi connectivity index (χ3n) is 4.91. The second-order valence-corrected chi connectivity index (χ2v) is 12.0. The molecule has 4 rings (SSSR count). The second-order valence-electron chi connectivity index (χ2n) is 7.73. The molecule has 0 bridgehead atoms. The third-order valence-corrected chi connectivity index (χ3v) is 7.45. The summed E-state index contributed by atoms with van der Waals surface area (Å²) in [6.45, 7) is 0. The van der Waals surface area contributed by atoms with E-state index in [1.165, 1.54) is 48.6 Å². The summed E-state index contributed by atoms with van der Waals surface area (Å²) in [7, 11) is -9.49. The SMILES string of the molecule is O=S(=O)(O)c1cc(Nc2cc(Cl)nc(Cl)n2)ccc1C=Cc1ccc(Nc2cc(Cl)nc(Cl)n2)cc1S(=O)(=O)O.[Na].[Na]. The number of nitrogens with zero attached hydrogens (tertiary/aromatic N) is 4. The molecule has 0 aliphatic heterocycles. The van der Waals surface area contributed by atoms with Crippen molar-refractivity contribution in [1.82, 2.24) is 19.9 Å². The molecule has 0 saturated carbocycles. The second kappa shape index (κ2) is 15.3. The topological polar surface area (TPSA) is 184 Å². The summed E-state index contributed by atoms with van der Waals surface area (Å²) in [6.07, 6.45) is 2.48. The Morgan fingerprint density at radius 1 is 0.595 bits per heavy atom. The molecule has 2 aromatic heterocycles. The van der Waals surface area contributed by atoms with E-state index in [1.54, 1.807) is 0 Å². The fourth-order valence-electron chi connectivity index (χ4n) is 3.33. The van der Waals surface area contributed by atoms with Gasteiger partial charge in [-0.3, -0.25) is 9.11 Å². The first-order chi connectivity index (χ1) is 18.7. The van der Waals surface area contributed by atoms with Crippen LogP contribution in [0.5, 0.6) is 0 Å². The summed E-state index contributed by atoms with van der Waals surface area (Å²) in [5, 5.41) is 5.38. The van der Waals surface area contributed by atoms with Crippen molar-refractivity contribution >= 4 is 161 Å². The third kappa shape index (κ3) is 10.2. The predicted molar refractivity (Wildman–Crippen MR) is 164 cm³/mol. The van der Waals surface area contributed by atoms with Crippen molar-refractivity contribution in [2.75, 3.05) is 10.6 Å². The van der Waals surface area contributed by atoms with Gasteiger partial charge in [0.1, 0.15) is 31.7 Å². The molecule has 2 heterocycles. The molecule has 20 heteroatoms. The quantitative estimate of drug-likeness (QED) is 0.0612. The molecular formula is C22H14Cl4N6Na2O6S2. The van der Waals surface area contributed by atoms with Gasteiger partial charge in [-0.2, -0.15) is 16.8 Å². The van der Waals surface area contributed by atoms with Crippen LogP contribution in [0, 0.1) is 0 Å². The molecule has 0 atom stereocenters. The normalized spacial score (nSPS) is 11.5. The average molecular weight is 710 g/mol. The summed E-state index contributed by atoms with van der Waals surface area (Å²) in [5.74, 6) is 0.320. The number of hydrogen-bond acceptors (Lipinski definition) is 10. The monoisotopic (exact) mass is 708 g/mol. The maximum Gasteiger partial charge on any atom is 0.295 e. The Morgan fingerprint density at radius 2 is 0.952 bits per heavy atom. The van der Waals surface area contributed by atoms with Gasteiger partial charge in [0.25, 0.3) is 20.2 Å². The Hall–Kier alpha value is -1.08. The van der Waals surface area contributed by atoms with E-state index < -0.39 is 30.0 Å². The molecule has 0 aliphatic carbocycles. The van der Waals surface area contributed by atoms with E-state index in [1.807, 2.05) is 0 Å². The van der Waals surface area contributed by atoms with E-state index in [0.717, 1.165) is 12.1 Å². The minimum atomic E-state index is -4.74. The van der Waals surface area contributed by atoms with Crippen LogP contribution < -0.4 is 10.6 Å². The Kier molecular flexibility index (Phi) is 13.5. The smallest absolute Gasteiger partial charge is 0.295 e. The maximum atomic E-state index is 12.1. The summed E-state index contributed by atoms with van der Waals surface area (Å²) in [6, 6.07) is 10.5. The van der Waals surface area contributed by atoms with Gasteiger partial charge >= 0.3 is 0 Å². The molecule has 0 amide bonds. The van der Waals surface area contributed by atoms with E-state index in [0.29, 0.717) is 0 Å². The zero-order chi connectivity index (χ0) is 29.2. The van der Waals surface area contributed by atoms with Gasteiger partial charge in [0.15, 0.2) is 0 Å². The maximum absolute atomic E-state index is 12.1. The van der Waals surface area contributed by atoms with E-state index in [2.05, 4.69) is 30.6 Å². The first kappa shape index (κ1) is 37.1. The van der Waals surface area contributed by atoms with Crippen LogP contribution in [0.3, 0.4) is 0 Å². The molecule has 4 N–H and O–H groups in total. The van der Waals surface area contributed by atoms with E-state index in [-0.39, 0.29) is 114 Å². The predicted octanol–water partition coefficient (Wildman–Crippen LogP) is 5.27. The Labute approximate surface area is 304 Å². The van der Waals surface area contributed by atoms with Crippen molar-refractivity contribution in [3.8, 4) is 0 Å². The Bertz CT molecular complexity index is 1710. The van der Waals surface area contributed by atoms with E-state index in [9.17, 15) is 25.9 Å². The van der Waals surface area contributed by atoms with Crippen molar-refractivity contribution in [3.05, 3.63) is 80.5 Å². The largest absolute Gasteiger partial charge is 0.340 e. The van der Waals surface area contributed by atoms with Crippen molar-refractivity contribution in [3.63, 3.8) is 0 Å². The number of hydrogen-bond donors (Lipinski definition) is 4. The molecule has 4 aromatic rings. The van der Waals surface area contributed by atoms with Gasteiger partial charge in [-0.15, -0.1) is 0 Å². The molecule has 42 heavy (non-hydrogen) atoms. The minimum Gasteiger partial charge on any atom is -0.340 e. The number of rotatable bonds is 8. The first-order valence-corrected chi connectivity index (χ1v) is 14.9. The van der Waals surface area contributed by atoms with Gasteiger partial charge in [0.05, 0.1) is 0 Å². The number of benzene rings is 2. The van der Waals surface area contributed by atoms with Gasteiger partial charge < -0.3 is 10.6 Å². The average Bonchev–Trinajstić information content (AvgIpc) is 2.81. The molecule has 0 fully saturated rings. The van der Waals surface area contributed by atoms with Gasteiger partial charge in [-0.25, -0.2) is 19.9 Å². The molecule has 0 aliphatic rings. The van der Waals surface area contributed by atoms with Crippen LogP contribution in [-0.4, -0.2) is 105 Å². The molecule has 0 unspecified atom stereocenters. The Balaban J connectivity index is 0.00000308. The van der Waals surface area contributed by atoms with Crippen molar-refractivity contribution in [2.24, 2.45) is 0 Å². The van der Waals surface area contributed by atoms with Crippen LogP contribution in [0.1, 0.15) is 11.1 Å². The van der Waals surface area contributed by atoms with Crippen molar-refractivity contribution < 1.29 is 25.9 Å². The molecule has 2 radical (unpaired) electrons. The fraction of sp³-hybridized carbons (Fsp3) is 0. The number of aromatic nitrogens is 4. The summed E-state index contributed by atoms with van der Waals surface area (Å²) >= 11 is 23.3. The van der Waals surface area contributed by atoms with Gasteiger partial charge in [-0.1, -0.05) is 47.5 Å².